The van der Waals surface area contributed by atoms with Crippen molar-refractivity contribution in [2.24, 2.45) is 5.73 Å². The number of fused-ring (bicyclic) bond motifs is 3. The van der Waals surface area contributed by atoms with Crippen molar-refractivity contribution in [2.75, 3.05) is 37.6 Å². The lowest BCUT2D eigenvalue weighted by Gasteiger charge is -2.42. The van der Waals surface area contributed by atoms with E-state index in [-0.39, 0.29) is 0 Å². The van der Waals surface area contributed by atoms with Crippen molar-refractivity contribution in [1.82, 2.24) is 14.8 Å². The second kappa shape index (κ2) is 6.86. The highest BCUT2D eigenvalue weighted by atomic mass is 15.3. The summed E-state index contributed by atoms with van der Waals surface area (Å²) in [5.74, 6) is 0. The van der Waals surface area contributed by atoms with Crippen LogP contribution in [0, 0.1) is 11.3 Å². The Labute approximate surface area is 182 Å². The molecular weight excluding hydrogens is 384 g/mol. The Bertz CT molecular complexity index is 1210. The molecule has 6 heteroatoms. The van der Waals surface area contributed by atoms with Gasteiger partial charge in [0.25, 0.3) is 0 Å². The maximum atomic E-state index is 9.49. The Morgan fingerprint density at radius 3 is 2.81 bits per heavy atom. The van der Waals surface area contributed by atoms with Crippen molar-refractivity contribution in [1.29, 1.82) is 5.26 Å². The molecule has 4 heterocycles. The molecule has 156 valence electrons. The lowest BCUT2D eigenvalue weighted by Crippen LogP contribution is -2.54. The molecule has 6 nitrogen and oxygen atoms in total. The maximum absolute atomic E-state index is 9.49. The number of hydrogen-bond acceptors (Lipinski definition) is 6. The molecule has 31 heavy (non-hydrogen) atoms. The van der Waals surface area contributed by atoms with Crippen LogP contribution in [-0.2, 0) is 0 Å². The van der Waals surface area contributed by atoms with Gasteiger partial charge in [0.05, 0.1) is 17.6 Å². The average Bonchev–Trinajstić information content (AvgIpc) is 3.14. The summed E-state index contributed by atoms with van der Waals surface area (Å²) >= 11 is 0. The first-order valence-electron chi connectivity index (χ1n) is 11.1. The van der Waals surface area contributed by atoms with E-state index in [4.69, 9.17) is 5.73 Å². The van der Waals surface area contributed by atoms with Crippen LogP contribution in [0.4, 0.5) is 5.69 Å². The van der Waals surface area contributed by atoms with E-state index in [1.807, 2.05) is 12.1 Å². The number of aromatic nitrogens is 1. The molecule has 2 fully saturated rings. The minimum Gasteiger partial charge on any atom is -0.369 e. The summed E-state index contributed by atoms with van der Waals surface area (Å²) in [7, 11) is 0. The number of piperazine rings is 1. The third-order valence-electron chi connectivity index (χ3n) is 7.10. The molecular formula is C25H26N6. The van der Waals surface area contributed by atoms with E-state index >= 15 is 0 Å². The maximum Gasteiger partial charge on any atom is 0.101 e. The van der Waals surface area contributed by atoms with E-state index in [0.29, 0.717) is 17.6 Å². The summed E-state index contributed by atoms with van der Waals surface area (Å²) < 4.78 is 0. The van der Waals surface area contributed by atoms with Crippen LogP contribution in [0.15, 0.2) is 65.2 Å². The highest BCUT2D eigenvalue weighted by Gasteiger charge is 2.37. The lowest BCUT2D eigenvalue weighted by molar-refractivity contribution is 0.206. The van der Waals surface area contributed by atoms with Gasteiger partial charge in [-0.2, -0.15) is 5.26 Å². The van der Waals surface area contributed by atoms with Crippen LogP contribution >= 0.6 is 0 Å². The van der Waals surface area contributed by atoms with Gasteiger partial charge in [-0.25, -0.2) is 0 Å². The van der Waals surface area contributed by atoms with Crippen molar-refractivity contribution < 1.29 is 0 Å². The van der Waals surface area contributed by atoms with E-state index in [2.05, 4.69) is 57.0 Å². The molecule has 1 aromatic carbocycles. The highest BCUT2D eigenvalue weighted by Crippen LogP contribution is 2.41. The summed E-state index contributed by atoms with van der Waals surface area (Å²) in [6, 6.07) is 11.1. The molecule has 0 unspecified atom stereocenters. The minimum atomic E-state index is 0.319. The van der Waals surface area contributed by atoms with Gasteiger partial charge in [0.15, 0.2) is 0 Å². The van der Waals surface area contributed by atoms with E-state index in [9.17, 15) is 5.26 Å². The van der Waals surface area contributed by atoms with Crippen LogP contribution in [0.1, 0.15) is 18.9 Å². The van der Waals surface area contributed by atoms with Gasteiger partial charge in [0, 0.05) is 66.9 Å². The van der Waals surface area contributed by atoms with Gasteiger partial charge in [-0.15, -0.1) is 0 Å². The molecule has 3 aliphatic heterocycles. The fourth-order valence-electron chi connectivity index (χ4n) is 5.48. The van der Waals surface area contributed by atoms with Crippen molar-refractivity contribution in [3.05, 3.63) is 70.7 Å². The molecule has 2 saturated heterocycles. The Morgan fingerprint density at radius 2 is 2.00 bits per heavy atom. The summed E-state index contributed by atoms with van der Waals surface area (Å²) in [5, 5.41) is 10.5. The van der Waals surface area contributed by atoms with Crippen molar-refractivity contribution >= 4 is 16.6 Å². The van der Waals surface area contributed by atoms with Crippen LogP contribution in [0.2, 0.25) is 0 Å². The number of nitrogens with two attached hydrogens (primary N) is 1. The SMILES string of the molecule is C[C@@H]1CN(c2ccc(C#N)c3ncccc23)CC2=C3CC=C(N4CC(N)C4)C=C3CN21. The lowest BCUT2D eigenvalue weighted by atomic mass is 9.95. The number of rotatable bonds is 2. The first-order valence-corrected chi connectivity index (χ1v) is 11.1. The van der Waals surface area contributed by atoms with Crippen molar-refractivity contribution in [3.8, 4) is 6.07 Å². The van der Waals surface area contributed by atoms with E-state index in [1.54, 1.807) is 6.20 Å². The normalized spacial score (nSPS) is 23.3. The van der Waals surface area contributed by atoms with Gasteiger partial charge >= 0.3 is 0 Å². The fourth-order valence-corrected chi connectivity index (χ4v) is 5.48. The summed E-state index contributed by atoms with van der Waals surface area (Å²) in [4.78, 5) is 11.9. The van der Waals surface area contributed by atoms with Crippen LogP contribution in [0.3, 0.4) is 0 Å². The number of allylic oxidation sites excluding steroid dienone is 2. The van der Waals surface area contributed by atoms with Crippen LogP contribution in [0.5, 0.6) is 0 Å². The third-order valence-corrected chi connectivity index (χ3v) is 7.10. The number of likely N-dealkylation sites (tertiary alicyclic amines) is 1. The zero-order valence-corrected chi connectivity index (χ0v) is 17.8. The predicted molar refractivity (Wildman–Crippen MR) is 122 cm³/mol. The van der Waals surface area contributed by atoms with Crippen LogP contribution < -0.4 is 10.6 Å². The van der Waals surface area contributed by atoms with Crippen LogP contribution in [0.25, 0.3) is 10.9 Å². The van der Waals surface area contributed by atoms with Crippen LogP contribution in [-0.4, -0.2) is 59.6 Å². The predicted octanol–water partition coefficient (Wildman–Crippen LogP) is 2.74. The van der Waals surface area contributed by atoms with E-state index in [1.165, 1.54) is 28.2 Å². The summed E-state index contributed by atoms with van der Waals surface area (Å²) in [6.07, 6.45) is 7.51. The first-order chi connectivity index (χ1) is 15.1. The molecule has 0 bridgehead atoms. The van der Waals surface area contributed by atoms with Crippen molar-refractivity contribution in [2.45, 2.75) is 25.4 Å². The van der Waals surface area contributed by atoms with E-state index < -0.39 is 0 Å². The van der Waals surface area contributed by atoms with Gasteiger partial charge in [-0.3, -0.25) is 4.98 Å². The standard InChI is InChI=1S/C25H26N6/c1-16-11-30(23-7-4-17(10-26)25-22(23)3-2-8-28-25)15-24-21-6-5-20(29-13-19(27)14-29)9-18(21)12-31(16)24/h2-5,7-9,16,19H,6,11-15,27H2,1H3/t16-/m1/s1. The molecule has 2 aromatic rings. The first kappa shape index (κ1) is 18.5. The summed E-state index contributed by atoms with van der Waals surface area (Å²) in [5.41, 5.74) is 14.3. The third kappa shape index (κ3) is 2.84. The molecule has 1 aromatic heterocycles. The minimum absolute atomic E-state index is 0.319. The second-order valence-corrected chi connectivity index (χ2v) is 9.09. The smallest absolute Gasteiger partial charge is 0.101 e. The molecule has 4 aliphatic rings. The molecule has 1 atom stereocenters. The average molecular weight is 411 g/mol. The molecule has 6 rings (SSSR count). The van der Waals surface area contributed by atoms with Gasteiger partial charge in [-0.1, -0.05) is 6.08 Å². The number of nitriles is 1. The fraction of sp³-hybridized carbons (Fsp3) is 0.360. The van der Waals surface area contributed by atoms with Gasteiger partial charge in [0.2, 0.25) is 0 Å². The highest BCUT2D eigenvalue weighted by molar-refractivity contribution is 5.95. The Morgan fingerprint density at radius 1 is 1.13 bits per heavy atom. The molecule has 0 amide bonds. The van der Waals surface area contributed by atoms with Gasteiger partial charge in [-0.05, 0) is 54.8 Å². The topological polar surface area (TPSA) is 72.4 Å². The second-order valence-electron chi connectivity index (χ2n) is 9.09. The number of nitrogens with zero attached hydrogens (tertiary/aromatic N) is 5. The molecule has 0 saturated carbocycles. The Balaban J connectivity index is 1.35. The quantitative estimate of drug-likeness (QED) is 0.821. The molecule has 2 N–H and O–H groups in total. The molecule has 0 spiro atoms. The number of hydrogen-bond donors (Lipinski definition) is 1. The largest absolute Gasteiger partial charge is 0.369 e. The van der Waals surface area contributed by atoms with E-state index in [0.717, 1.165) is 50.0 Å². The molecule has 1 aliphatic carbocycles. The van der Waals surface area contributed by atoms with Gasteiger partial charge < -0.3 is 20.4 Å². The number of pyridine rings is 1. The Kier molecular flexibility index (Phi) is 4.09. The van der Waals surface area contributed by atoms with Crippen molar-refractivity contribution in [3.63, 3.8) is 0 Å². The zero-order valence-electron chi connectivity index (χ0n) is 17.8. The number of benzene rings is 1. The monoisotopic (exact) mass is 410 g/mol. The Hall–Kier alpha value is -3.30. The molecule has 0 radical (unpaired) electrons. The zero-order chi connectivity index (χ0) is 21.1. The number of anilines is 1. The van der Waals surface area contributed by atoms with Gasteiger partial charge in [0.1, 0.15) is 6.07 Å². The summed E-state index contributed by atoms with van der Waals surface area (Å²) in [6.45, 7) is 7.11.